The number of carbonyl (C=O) groups is 3. The molecule has 4 rings (SSSR count). The Morgan fingerprint density at radius 2 is 1.91 bits per heavy atom. The van der Waals surface area contributed by atoms with E-state index in [0.717, 1.165) is 12.5 Å². The van der Waals surface area contributed by atoms with Crippen LogP contribution in [0.15, 0.2) is 36.0 Å². The van der Waals surface area contributed by atoms with Gasteiger partial charge in [0.05, 0.1) is 34.9 Å². The van der Waals surface area contributed by atoms with E-state index in [2.05, 4.69) is 10.4 Å². The molecule has 1 aliphatic carbocycles. The van der Waals surface area contributed by atoms with Crippen molar-refractivity contribution in [1.29, 1.82) is 5.26 Å². The SMILES string of the molecule is CC(=O)NC1=C(c2cc3n(n2)[C@@H](C)CN(Cc2ccc(C#N)cc2)C3=O)C(=O)CC(C(F)(F)F)C1. The Bertz CT molecular complexity index is 1270. The number of nitriles is 1. The zero-order valence-electron chi connectivity index (χ0n) is 19.0. The fourth-order valence-electron chi connectivity index (χ4n) is 4.46. The minimum absolute atomic E-state index is 0.0646. The molecule has 0 fully saturated rings. The molecule has 1 aromatic heterocycles. The summed E-state index contributed by atoms with van der Waals surface area (Å²) < 4.78 is 41.5. The Hall–Kier alpha value is -3.94. The van der Waals surface area contributed by atoms with E-state index in [0.29, 0.717) is 18.7 Å². The molecule has 2 atom stereocenters. The third kappa shape index (κ3) is 4.82. The maximum atomic E-state index is 13.3. The van der Waals surface area contributed by atoms with Crippen LogP contribution in [0.25, 0.3) is 5.57 Å². The number of rotatable bonds is 4. The fourth-order valence-corrected chi connectivity index (χ4v) is 4.46. The Labute approximate surface area is 199 Å². The van der Waals surface area contributed by atoms with Crippen molar-refractivity contribution in [2.24, 2.45) is 5.92 Å². The Balaban J connectivity index is 1.68. The number of nitrogens with one attached hydrogen (secondary N) is 1. The minimum atomic E-state index is -4.59. The fraction of sp³-hybridized carbons (Fsp3) is 0.375. The number of alkyl halides is 3. The van der Waals surface area contributed by atoms with Crippen LogP contribution < -0.4 is 5.32 Å². The Morgan fingerprint density at radius 1 is 1.23 bits per heavy atom. The van der Waals surface area contributed by atoms with Crippen LogP contribution in [0.3, 0.4) is 0 Å². The van der Waals surface area contributed by atoms with Crippen molar-refractivity contribution >= 4 is 23.2 Å². The predicted octanol–water partition coefficient (Wildman–Crippen LogP) is 3.36. The van der Waals surface area contributed by atoms with Gasteiger partial charge in [-0.05, 0) is 30.7 Å². The number of hydrogen-bond acceptors (Lipinski definition) is 5. The first-order valence-electron chi connectivity index (χ1n) is 11.0. The average molecular weight is 485 g/mol. The number of benzene rings is 1. The highest BCUT2D eigenvalue weighted by Crippen LogP contribution is 2.40. The molecule has 2 amide bonds. The monoisotopic (exact) mass is 485 g/mol. The number of carbonyl (C=O) groups excluding carboxylic acids is 3. The van der Waals surface area contributed by atoms with Crippen molar-refractivity contribution in [1.82, 2.24) is 20.0 Å². The highest BCUT2D eigenvalue weighted by atomic mass is 19.4. The Kier molecular flexibility index (Phi) is 6.23. The van der Waals surface area contributed by atoms with Crippen molar-refractivity contribution in [3.05, 3.63) is 58.5 Å². The molecule has 182 valence electrons. The molecule has 0 saturated carbocycles. The van der Waals surface area contributed by atoms with Crippen LogP contribution in [-0.4, -0.2) is 45.0 Å². The summed E-state index contributed by atoms with van der Waals surface area (Å²) in [6, 6.07) is 10.0. The smallest absolute Gasteiger partial charge is 0.331 e. The number of fused-ring (bicyclic) bond motifs is 1. The number of Topliss-reactive ketones (excluding diaryl/α,β-unsaturated/α-hetero) is 1. The van der Waals surface area contributed by atoms with Gasteiger partial charge in [0, 0.05) is 38.6 Å². The lowest BCUT2D eigenvalue weighted by atomic mass is 9.84. The normalized spacial score (nSPS) is 20.5. The quantitative estimate of drug-likeness (QED) is 0.715. The van der Waals surface area contributed by atoms with E-state index in [1.165, 1.54) is 10.7 Å². The van der Waals surface area contributed by atoms with Gasteiger partial charge in [0.1, 0.15) is 5.69 Å². The van der Waals surface area contributed by atoms with Crippen molar-refractivity contribution in [2.75, 3.05) is 6.54 Å². The third-order valence-electron chi connectivity index (χ3n) is 6.11. The number of allylic oxidation sites excluding steroid dienone is 2. The number of hydrogen-bond donors (Lipinski definition) is 1. The summed E-state index contributed by atoms with van der Waals surface area (Å²) >= 11 is 0. The largest absolute Gasteiger partial charge is 0.392 e. The van der Waals surface area contributed by atoms with E-state index >= 15 is 0 Å². The van der Waals surface area contributed by atoms with Gasteiger partial charge in [0.2, 0.25) is 5.91 Å². The number of halogens is 3. The first kappa shape index (κ1) is 24.2. The van der Waals surface area contributed by atoms with Crippen LogP contribution in [0, 0.1) is 17.2 Å². The topological polar surface area (TPSA) is 108 Å². The van der Waals surface area contributed by atoms with E-state index in [-0.39, 0.29) is 34.6 Å². The first-order valence-corrected chi connectivity index (χ1v) is 11.0. The van der Waals surface area contributed by atoms with E-state index in [1.807, 2.05) is 13.0 Å². The van der Waals surface area contributed by atoms with Crippen molar-refractivity contribution in [3.63, 3.8) is 0 Å². The molecule has 11 heteroatoms. The van der Waals surface area contributed by atoms with E-state index < -0.39 is 36.6 Å². The van der Waals surface area contributed by atoms with Crippen molar-refractivity contribution in [2.45, 2.75) is 45.5 Å². The predicted molar refractivity (Wildman–Crippen MR) is 117 cm³/mol. The summed E-state index contributed by atoms with van der Waals surface area (Å²) in [5.74, 6) is -3.63. The van der Waals surface area contributed by atoms with Crippen LogP contribution >= 0.6 is 0 Å². The van der Waals surface area contributed by atoms with Crippen molar-refractivity contribution < 1.29 is 27.6 Å². The molecular formula is C24H22F3N5O3. The lowest BCUT2D eigenvalue weighted by molar-refractivity contribution is -0.178. The average Bonchev–Trinajstić information content (AvgIpc) is 3.22. The molecular weight excluding hydrogens is 463 g/mol. The summed E-state index contributed by atoms with van der Waals surface area (Å²) in [6.45, 7) is 3.61. The van der Waals surface area contributed by atoms with Crippen LogP contribution in [0.5, 0.6) is 0 Å². The van der Waals surface area contributed by atoms with Crippen molar-refractivity contribution in [3.8, 4) is 6.07 Å². The maximum absolute atomic E-state index is 13.3. The highest BCUT2D eigenvalue weighted by molar-refractivity contribution is 6.22. The van der Waals surface area contributed by atoms with Gasteiger partial charge in [-0.15, -0.1) is 0 Å². The standard InChI is InChI=1S/C24H22F3N5O3/c1-13-11-31(12-16-5-3-15(10-28)4-6-16)23(35)20-9-19(30-32(13)20)22-18(29-14(2)33)7-17(8-21(22)34)24(25,26)27/h3-6,9,13,17H,7-8,11-12H2,1-2H3,(H,29,33)/t13-,17?/m0/s1. The van der Waals surface area contributed by atoms with E-state index in [1.54, 1.807) is 29.2 Å². The summed E-state index contributed by atoms with van der Waals surface area (Å²) in [7, 11) is 0. The minimum Gasteiger partial charge on any atom is -0.331 e. The van der Waals surface area contributed by atoms with Gasteiger partial charge < -0.3 is 10.2 Å². The van der Waals surface area contributed by atoms with Gasteiger partial charge in [-0.1, -0.05) is 12.1 Å². The van der Waals surface area contributed by atoms with Gasteiger partial charge >= 0.3 is 6.18 Å². The molecule has 1 N–H and O–H groups in total. The van der Waals surface area contributed by atoms with Gasteiger partial charge in [0.15, 0.2) is 5.78 Å². The summed E-state index contributed by atoms with van der Waals surface area (Å²) in [6.07, 6.45) is -5.89. The second-order valence-corrected chi connectivity index (χ2v) is 8.81. The molecule has 0 radical (unpaired) electrons. The molecule has 2 aromatic rings. The molecule has 8 nitrogen and oxygen atoms in total. The van der Waals surface area contributed by atoms with Crippen LogP contribution in [-0.2, 0) is 16.1 Å². The molecule has 0 bridgehead atoms. The van der Waals surface area contributed by atoms with Crippen LogP contribution in [0.2, 0.25) is 0 Å². The van der Waals surface area contributed by atoms with E-state index in [9.17, 15) is 27.6 Å². The number of nitrogens with zero attached hydrogens (tertiary/aromatic N) is 4. The van der Waals surface area contributed by atoms with Crippen LogP contribution in [0.1, 0.15) is 60.0 Å². The zero-order valence-corrected chi connectivity index (χ0v) is 19.0. The van der Waals surface area contributed by atoms with Gasteiger partial charge in [0.25, 0.3) is 5.91 Å². The van der Waals surface area contributed by atoms with E-state index in [4.69, 9.17) is 5.26 Å². The lowest BCUT2D eigenvalue weighted by Crippen LogP contribution is -2.41. The summed E-state index contributed by atoms with van der Waals surface area (Å²) in [5, 5.41) is 15.7. The second kappa shape index (κ2) is 9.02. The summed E-state index contributed by atoms with van der Waals surface area (Å²) in [5.41, 5.74) is 1.36. The summed E-state index contributed by atoms with van der Waals surface area (Å²) in [4.78, 5) is 39.3. The lowest BCUT2D eigenvalue weighted by Gasteiger charge is -2.31. The molecule has 0 spiro atoms. The maximum Gasteiger partial charge on any atom is 0.392 e. The number of ketones is 1. The Morgan fingerprint density at radius 3 is 2.51 bits per heavy atom. The van der Waals surface area contributed by atoms with Gasteiger partial charge in [-0.3, -0.25) is 19.1 Å². The molecule has 1 aromatic carbocycles. The zero-order chi connectivity index (χ0) is 25.5. The molecule has 1 unspecified atom stereocenters. The molecule has 2 heterocycles. The number of amides is 2. The molecule has 2 aliphatic rings. The van der Waals surface area contributed by atoms with Gasteiger partial charge in [-0.2, -0.15) is 23.5 Å². The number of aromatic nitrogens is 2. The second-order valence-electron chi connectivity index (χ2n) is 8.81. The highest BCUT2D eigenvalue weighted by Gasteiger charge is 2.45. The van der Waals surface area contributed by atoms with Gasteiger partial charge in [-0.25, -0.2) is 0 Å². The molecule has 35 heavy (non-hydrogen) atoms. The molecule has 1 aliphatic heterocycles. The first-order chi connectivity index (χ1) is 16.5. The van der Waals surface area contributed by atoms with Crippen LogP contribution in [0.4, 0.5) is 13.2 Å². The third-order valence-corrected chi connectivity index (χ3v) is 6.11. The molecule has 0 saturated heterocycles.